The van der Waals surface area contributed by atoms with E-state index in [2.05, 4.69) is 29.3 Å². The first-order chi connectivity index (χ1) is 5.40. The number of rotatable bonds is 1. The van der Waals surface area contributed by atoms with E-state index in [0.29, 0.717) is 0 Å². The van der Waals surface area contributed by atoms with Gasteiger partial charge in [0.25, 0.3) is 0 Å². The number of fused-ring (bicyclic) bond motifs is 1. The molecule has 0 aromatic carbocycles. The average Bonchev–Trinajstić information content (AvgIpc) is 2.46. The Labute approximate surface area is 65.7 Å². The van der Waals surface area contributed by atoms with Gasteiger partial charge in [-0.3, -0.25) is 0 Å². The molecule has 0 saturated carbocycles. The molecule has 0 aliphatic heterocycles. The standard InChI is InChI=1S/C8H11N3/c1-2-11-9-7-5-3-4-6-8(7)10-11/h3,5H,2,4,6H2,1H3. The lowest BCUT2D eigenvalue weighted by Crippen LogP contribution is -1.98. The van der Waals surface area contributed by atoms with Crippen LogP contribution in [0.15, 0.2) is 6.08 Å². The van der Waals surface area contributed by atoms with Crippen molar-refractivity contribution in [2.24, 2.45) is 0 Å². The van der Waals surface area contributed by atoms with Crippen LogP contribution in [0, 0.1) is 0 Å². The van der Waals surface area contributed by atoms with Gasteiger partial charge in [-0.05, 0) is 25.8 Å². The van der Waals surface area contributed by atoms with Crippen molar-refractivity contribution < 1.29 is 0 Å². The van der Waals surface area contributed by atoms with Crippen LogP contribution < -0.4 is 0 Å². The smallest absolute Gasteiger partial charge is 0.108 e. The summed E-state index contributed by atoms with van der Waals surface area (Å²) in [5.41, 5.74) is 2.20. The van der Waals surface area contributed by atoms with E-state index in [4.69, 9.17) is 0 Å². The molecule has 0 amide bonds. The van der Waals surface area contributed by atoms with Crippen molar-refractivity contribution >= 4 is 6.08 Å². The summed E-state index contributed by atoms with van der Waals surface area (Å²) in [4.78, 5) is 1.75. The predicted molar refractivity (Wildman–Crippen MR) is 43.1 cm³/mol. The first-order valence-corrected chi connectivity index (χ1v) is 4.00. The average molecular weight is 149 g/mol. The maximum atomic E-state index is 4.32. The summed E-state index contributed by atoms with van der Waals surface area (Å²) in [7, 11) is 0. The number of hydrogen-bond acceptors (Lipinski definition) is 2. The molecule has 1 aromatic heterocycles. The van der Waals surface area contributed by atoms with Gasteiger partial charge in [-0.1, -0.05) is 6.08 Å². The number of nitrogens with zero attached hydrogens (tertiary/aromatic N) is 3. The SMILES string of the molecule is CCn1nc2c(n1)CCC=C2. The van der Waals surface area contributed by atoms with Crippen molar-refractivity contribution in [3.8, 4) is 0 Å². The van der Waals surface area contributed by atoms with Crippen LogP contribution in [-0.4, -0.2) is 15.0 Å². The zero-order valence-electron chi connectivity index (χ0n) is 6.62. The Kier molecular flexibility index (Phi) is 1.49. The predicted octanol–water partition coefficient (Wildman–Crippen LogP) is 1.26. The first kappa shape index (κ1) is 6.58. The van der Waals surface area contributed by atoms with E-state index in [-0.39, 0.29) is 0 Å². The van der Waals surface area contributed by atoms with E-state index in [9.17, 15) is 0 Å². The van der Waals surface area contributed by atoms with E-state index < -0.39 is 0 Å². The number of aromatic nitrogens is 3. The lowest BCUT2D eigenvalue weighted by Gasteiger charge is -1.97. The van der Waals surface area contributed by atoms with Crippen molar-refractivity contribution in [2.45, 2.75) is 26.3 Å². The van der Waals surface area contributed by atoms with Crippen molar-refractivity contribution in [3.05, 3.63) is 17.5 Å². The van der Waals surface area contributed by atoms with Gasteiger partial charge < -0.3 is 0 Å². The van der Waals surface area contributed by atoms with Crippen LogP contribution >= 0.6 is 0 Å². The number of hydrogen-bond donors (Lipinski definition) is 0. The van der Waals surface area contributed by atoms with Crippen LogP contribution in [0.25, 0.3) is 6.08 Å². The molecule has 1 heterocycles. The van der Waals surface area contributed by atoms with Crippen LogP contribution in [0.1, 0.15) is 24.7 Å². The molecule has 1 aromatic rings. The van der Waals surface area contributed by atoms with Crippen LogP contribution in [0.2, 0.25) is 0 Å². The molecule has 0 spiro atoms. The van der Waals surface area contributed by atoms with Gasteiger partial charge in [0.15, 0.2) is 0 Å². The van der Waals surface area contributed by atoms with Crippen LogP contribution in [0.5, 0.6) is 0 Å². The monoisotopic (exact) mass is 149 g/mol. The minimum Gasteiger partial charge on any atom is -0.184 e. The fourth-order valence-electron chi connectivity index (χ4n) is 1.26. The molecule has 0 unspecified atom stereocenters. The molecule has 58 valence electrons. The Bertz CT molecular complexity index is 286. The largest absolute Gasteiger partial charge is 0.184 e. The van der Waals surface area contributed by atoms with Crippen LogP contribution in [0.3, 0.4) is 0 Å². The molecule has 0 saturated heterocycles. The lowest BCUT2D eigenvalue weighted by atomic mass is 10.1. The fraction of sp³-hybridized carbons (Fsp3) is 0.500. The van der Waals surface area contributed by atoms with Gasteiger partial charge in [-0.25, -0.2) is 0 Å². The van der Waals surface area contributed by atoms with E-state index in [1.165, 1.54) is 0 Å². The van der Waals surface area contributed by atoms with Gasteiger partial charge >= 0.3 is 0 Å². The molecule has 2 rings (SSSR count). The van der Waals surface area contributed by atoms with Crippen molar-refractivity contribution in [2.75, 3.05) is 0 Å². The molecule has 0 bridgehead atoms. The molecule has 3 nitrogen and oxygen atoms in total. The van der Waals surface area contributed by atoms with Crippen molar-refractivity contribution in [1.29, 1.82) is 0 Å². The summed E-state index contributed by atoms with van der Waals surface area (Å²) in [5.74, 6) is 0. The third kappa shape index (κ3) is 1.06. The van der Waals surface area contributed by atoms with E-state index in [1.54, 1.807) is 4.80 Å². The minimum atomic E-state index is 0.862. The summed E-state index contributed by atoms with van der Waals surface area (Å²) < 4.78 is 0. The highest BCUT2D eigenvalue weighted by Gasteiger charge is 2.09. The molecule has 1 aliphatic carbocycles. The van der Waals surface area contributed by atoms with Crippen molar-refractivity contribution in [1.82, 2.24) is 15.0 Å². The maximum Gasteiger partial charge on any atom is 0.108 e. The quantitative estimate of drug-likeness (QED) is 0.601. The molecule has 0 fully saturated rings. The second-order valence-corrected chi connectivity index (χ2v) is 2.66. The summed E-state index contributed by atoms with van der Waals surface area (Å²) in [6.45, 7) is 2.91. The highest BCUT2D eigenvalue weighted by atomic mass is 15.5. The van der Waals surface area contributed by atoms with Gasteiger partial charge in [-0.2, -0.15) is 15.0 Å². The summed E-state index contributed by atoms with van der Waals surface area (Å²) in [5, 5.41) is 8.61. The number of aryl methyl sites for hydroxylation is 2. The second kappa shape index (κ2) is 2.49. The Morgan fingerprint density at radius 2 is 2.45 bits per heavy atom. The molecule has 0 N–H and O–H groups in total. The summed E-state index contributed by atoms with van der Waals surface area (Å²) in [6.07, 6.45) is 6.36. The van der Waals surface area contributed by atoms with Crippen molar-refractivity contribution in [3.63, 3.8) is 0 Å². The zero-order valence-corrected chi connectivity index (χ0v) is 6.62. The van der Waals surface area contributed by atoms with E-state index >= 15 is 0 Å². The summed E-state index contributed by atoms with van der Waals surface area (Å²) in [6, 6.07) is 0. The third-order valence-corrected chi connectivity index (χ3v) is 1.86. The Hall–Kier alpha value is -1.12. The zero-order chi connectivity index (χ0) is 7.68. The second-order valence-electron chi connectivity index (χ2n) is 2.66. The van der Waals surface area contributed by atoms with Gasteiger partial charge in [0.2, 0.25) is 0 Å². The van der Waals surface area contributed by atoms with Crippen LogP contribution in [-0.2, 0) is 13.0 Å². The molecule has 0 atom stereocenters. The van der Waals surface area contributed by atoms with E-state index in [1.807, 2.05) is 0 Å². The normalized spacial score (nSPS) is 15.0. The molecule has 1 aliphatic rings. The first-order valence-electron chi connectivity index (χ1n) is 4.00. The van der Waals surface area contributed by atoms with Gasteiger partial charge in [0, 0.05) is 0 Å². The molecular formula is C8H11N3. The Balaban J connectivity index is 2.42. The van der Waals surface area contributed by atoms with Gasteiger partial charge in [0.1, 0.15) is 5.69 Å². The lowest BCUT2D eigenvalue weighted by molar-refractivity contribution is 0.563. The van der Waals surface area contributed by atoms with Gasteiger partial charge in [0.05, 0.1) is 12.2 Å². The Morgan fingerprint density at radius 1 is 1.55 bits per heavy atom. The van der Waals surface area contributed by atoms with Crippen LogP contribution in [0.4, 0.5) is 0 Å². The Morgan fingerprint density at radius 3 is 3.18 bits per heavy atom. The molecule has 0 radical (unpaired) electrons. The molecule has 11 heavy (non-hydrogen) atoms. The minimum absolute atomic E-state index is 0.862. The highest BCUT2D eigenvalue weighted by Crippen LogP contribution is 2.13. The van der Waals surface area contributed by atoms with E-state index in [0.717, 1.165) is 30.8 Å². The fourth-order valence-corrected chi connectivity index (χ4v) is 1.26. The maximum absolute atomic E-state index is 4.32. The van der Waals surface area contributed by atoms with Gasteiger partial charge in [-0.15, -0.1) is 0 Å². The number of allylic oxidation sites excluding steroid dienone is 1. The molecular weight excluding hydrogens is 138 g/mol. The highest BCUT2D eigenvalue weighted by molar-refractivity contribution is 5.48. The molecule has 3 heteroatoms. The topological polar surface area (TPSA) is 30.7 Å². The summed E-state index contributed by atoms with van der Waals surface area (Å²) >= 11 is 0. The third-order valence-electron chi connectivity index (χ3n) is 1.86.